The molecule has 1 aromatic heterocycles. The molecular formula is C19H16F3N3O3. The van der Waals surface area contributed by atoms with E-state index in [0.717, 1.165) is 6.07 Å². The van der Waals surface area contributed by atoms with Crippen LogP contribution in [0.15, 0.2) is 48.5 Å². The summed E-state index contributed by atoms with van der Waals surface area (Å²) in [7, 11) is 0. The number of hydrogen-bond donors (Lipinski definition) is 1. The molecule has 2 aromatic carbocycles. The molecule has 0 unspecified atom stereocenters. The van der Waals surface area contributed by atoms with E-state index < -0.39 is 11.9 Å². The summed E-state index contributed by atoms with van der Waals surface area (Å²) in [6.07, 6.45) is -4.57. The molecule has 6 nitrogen and oxygen atoms in total. The third-order valence-corrected chi connectivity index (χ3v) is 4.14. The Labute approximate surface area is 158 Å². The number of aromatic nitrogens is 2. The molecule has 28 heavy (non-hydrogen) atoms. The molecule has 0 radical (unpaired) electrons. The highest BCUT2D eigenvalue weighted by atomic mass is 19.4. The fourth-order valence-corrected chi connectivity index (χ4v) is 2.84. The second kappa shape index (κ2) is 7.08. The Balaban J connectivity index is 1.77. The van der Waals surface area contributed by atoms with E-state index in [0.29, 0.717) is 41.7 Å². The summed E-state index contributed by atoms with van der Waals surface area (Å²) in [6, 6.07) is 12.6. The molecule has 2 N–H and O–H groups in total. The van der Waals surface area contributed by atoms with Crippen molar-refractivity contribution in [3.8, 4) is 34.2 Å². The zero-order valence-electron chi connectivity index (χ0n) is 14.6. The largest absolute Gasteiger partial charge is 0.492 e. The fourth-order valence-electron chi connectivity index (χ4n) is 2.84. The van der Waals surface area contributed by atoms with Crippen molar-refractivity contribution in [2.45, 2.75) is 6.18 Å². The van der Waals surface area contributed by atoms with Crippen LogP contribution in [0.2, 0.25) is 0 Å². The lowest BCUT2D eigenvalue weighted by atomic mass is 10.1. The first-order chi connectivity index (χ1) is 13.5. The molecule has 3 aromatic rings. The standard InChI is InChI=1S/C19H16F3N3O3/c20-19(21,22)18-10-15(12-1-4-14(5-2-12)26-8-7-23)25(24-18)13-3-6-16-17(9-13)28-11-27-16/h1-6,9-10H,7-8,11,23H2. The predicted octanol–water partition coefficient (Wildman–Crippen LogP) is 3.62. The number of alkyl halides is 3. The van der Waals surface area contributed by atoms with Gasteiger partial charge < -0.3 is 19.9 Å². The Morgan fingerprint density at radius 3 is 2.50 bits per heavy atom. The average molecular weight is 391 g/mol. The highest BCUT2D eigenvalue weighted by molar-refractivity contribution is 5.64. The Morgan fingerprint density at radius 2 is 1.79 bits per heavy atom. The summed E-state index contributed by atoms with van der Waals surface area (Å²) in [6.45, 7) is 0.795. The quantitative estimate of drug-likeness (QED) is 0.719. The second-order valence-electron chi connectivity index (χ2n) is 6.02. The van der Waals surface area contributed by atoms with Crippen LogP contribution in [0.1, 0.15) is 5.69 Å². The zero-order chi connectivity index (χ0) is 19.7. The van der Waals surface area contributed by atoms with Gasteiger partial charge in [-0.25, -0.2) is 4.68 Å². The van der Waals surface area contributed by atoms with Crippen LogP contribution < -0.4 is 19.9 Å². The molecule has 9 heteroatoms. The van der Waals surface area contributed by atoms with Crippen LogP contribution in [0, 0.1) is 0 Å². The zero-order valence-corrected chi connectivity index (χ0v) is 14.6. The van der Waals surface area contributed by atoms with Gasteiger partial charge in [0.05, 0.1) is 11.4 Å². The lowest BCUT2D eigenvalue weighted by Crippen LogP contribution is -2.10. The third-order valence-electron chi connectivity index (χ3n) is 4.14. The highest BCUT2D eigenvalue weighted by Gasteiger charge is 2.35. The SMILES string of the molecule is NCCOc1ccc(-c2cc(C(F)(F)F)nn2-c2ccc3c(c2)OCO3)cc1. The van der Waals surface area contributed by atoms with E-state index in [1.54, 1.807) is 42.5 Å². The summed E-state index contributed by atoms with van der Waals surface area (Å²) in [5, 5.41) is 3.77. The molecule has 0 saturated carbocycles. The third kappa shape index (κ3) is 3.48. The Bertz CT molecular complexity index is 984. The lowest BCUT2D eigenvalue weighted by molar-refractivity contribution is -0.141. The molecule has 146 valence electrons. The van der Waals surface area contributed by atoms with E-state index in [1.165, 1.54) is 4.68 Å². The van der Waals surface area contributed by atoms with Crippen molar-refractivity contribution in [2.24, 2.45) is 5.73 Å². The molecule has 0 fully saturated rings. The van der Waals surface area contributed by atoms with Gasteiger partial charge in [0.15, 0.2) is 17.2 Å². The second-order valence-corrected chi connectivity index (χ2v) is 6.02. The van der Waals surface area contributed by atoms with Crippen molar-refractivity contribution < 1.29 is 27.4 Å². The number of halogens is 3. The smallest absolute Gasteiger partial charge is 0.435 e. The summed E-state index contributed by atoms with van der Waals surface area (Å²) >= 11 is 0. The Kier molecular flexibility index (Phi) is 4.60. The first-order valence-electron chi connectivity index (χ1n) is 8.46. The summed E-state index contributed by atoms with van der Waals surface area (Å²) in [4.78, 5) is 0. The maximum Gasteiger partial charge on any atom is 0.435 e. The minimum atomic E-state index is -4.57. The fraction of sp³-hybridized carbons (Fsp3) is 0.211. The number of hydrogen-bond acceptors (Lipinski definition) is 5. The number of rotatable bonds is 5. The molecule has 0 aliphatic carbocycles. The van der Waals surface area contributed by atoms with Gasteiger partial charge in [0.1, 0.15) is 12.4 Å². The minimum Gasteiger partial charge on any atom is -0.492 e. The van der Waals surface area contributed by atoms with Crippen LogP contribution in [0.25, 0.3) is 16.9 Å². The Hall–Kier alpha value is -3.20. The maximum atomic E-state index is 13.3. The van der Waals surface area contributed by atoms with Gasteiger partial charge >= 0.3 is 6.18 Å². The van der Waals surface area contributed by atoms with Gasteiger partial charge in [-0.2, -0.15) is 18.3 Å². The molecule has 1 aliphatic heterocycles. The van der Waals surface area contributed by atoms with Crippen molar-refractivity contribution in [1.82, 2.24) is 9.78 Å². The number of fused-ring (bicyclic) bond motifs is 1. The molecule has 0 atom stereocenters. The maximum absolute atomic E-state index is 13.3. The van der Waals surface area contributed by atoms with Gasteiger partial charge in [-0.05, 0) is 42.5 Å². The van der Waals surface area contributed by atoms with Crippen molar-refractivity contribution >= 4 is 0 Å². The van der Waals surface area contributed by atoms with E-state index in [9.17, 15) is 13.2 Å². The number of nitrogens with two attached hydrogens (primary N) is 1. The van der Waals surface area contributed by atoms with Crippen LogP contribution >= 0.6 is 0 Å². The molecule has 2 heterocycles. The molecular weight excluding hydrogens is 375 g/mol. The van der Waals surface area contributed by atoms with Crippen molar-refractivity contribution in [3.05, 3.63) is 54.2 Å². The average Bonchev–Trinajstić information content (AvgIpc) is 3.33. The topological polar surface area (TPSA) is 71.5 Å². The molecule has 0 amide bonds. The molecule has 0 spiro atoms. The van der Waals surface area contributed by atoms with E-state index in [2.05, 4.69) is 5.10 Å². The predicted molar refractivity (Wildman–Crippen MR) is 94.7 cm³/mol. The van der Waals surface area contributed by atoms with Gasteiger partial charge in [0.25, 0.3) is 0 Å². The van der Waals surface area contributed by atoms with Gasteiger partial charge in [-0.1, -0.05) is 0 Å². The van der Waals surface area contributed by atoms with Gasteiger partial charge in [-0.3, -0.25) is 0 Å². The minimum absolute atomic E-state index is 0.0722. The van der Waals surface area contributed by atoms with Crippen molar-refractivity contribution in [1.29, 1.82) is 0 Å². The number of nitrogens with zero attached hydrogens (tertiary/aromatic N) is 2. The number of ether oxygens (including phenoxy) is 3. The summed E-state index contributed by atoms with van der Waals surface area (Å²) < 4.78 is 57.1. The van der Waals surface area contributed by atoms with Crippen LogP contribution in [0.4, 0.5) is 13.2 Å². The summed E-state index contributed by atoms with van der Waals surface area (Å²) in [5.74, 6) is 1.58. The first-order valence-corrected chi connectivity index (χ1v) is 8.46. The van der Waals surface area contributed by atoms with Crippen LogP contribution in [0.3, 0.4) is 0 Å². The van der Waals surface area contributed by atoms with Crippen molar-refractivity contribution in [2.75, 3.05) is 19.9 Å². The van der Waals surface area contributed by atoms with Crippen LogP contribution in [0.5, 0.6) is 17.2 Å². The van der Waals surface area contributed by atoms with Gasteiger partial charge in [-0.15, -0.1) is 0 Å². The normalized spacial score (nSPS) is 13.0. The Morgan fingerprint density at radius 1 is 1.04 bits per heavy atom. The van der Waals surface area contributed by atoms with Gasteiger partial charge in [0.2, 0.25) is 6.79 Å². The lowest BCUT2D eigenvalue weighted by Gasteiger charge is -2.10. The van der Waals surface area contributed by atoms with Crippen LogP contribution in [-0.2, 0) is 6.18 Å². The van der Waals surface area contributed by atoms with E-state index in [4.69, 9.17) is 19.9 Å². The monoisotopic (exact) mass is 391 g/mol. The van der Waals surface area contributed by atoms with E-state index >= 15 is 0 Å². The highest BCUT2D eigenvalue weighted by Crippen LogP contribution is 2.37. The molecule has 4 rings (SSSR count). The van der Waals surface area contributed by atoms with Crippen molar-refractivity contribution in [3.63, 3.8) is 0 Å². The van der Waals surface area contributed by atoms with E-state index in [-0.39, 0.29) is 12.5 Å². The molecule has 0 bridgehead atoms. The molecule has 0 saturated heterocycles. The van der Waals surface area contributed by atoms with Gasteiger partial charge in [0, 0.05) is 18.2 Å². The molecule has 1 aliphatic rings. The van der Waals surface area contributed by atoms with Crippen LogP contribution in [-0.4, -0.2) is 29.7 Å². The summed E-state index contributed by atoms with van der Waals surface area (Å²) in [5.41, 5.74) is 5.69. The first kappa shape index (κ1) is 18.2. The number of benzene rings is 2. The van der Waals surface area contributed by atoms with E-state index in [1.807, 2.05) is 0 Å².